The Bertz CT molecular complexity index is 1750. The highest BCUT2D eigenvalue weighted by molar-refractivity contribution is 14.1. The topological polar surface area (TPSA) is 143 Å². The number of anilines is 4. The van der Waals surface area contributed by atoms with E-state index in [9.17, 15) is 27.9 Å². The molecule has 0 aliphatic heterocycles. The van der Waals surface area contributed by atoms with Gasteiger partial charge in [0, 0.05) is 38.2 Å². The number of rotatable bonds is 12. The Morgan fingerprint density at radius 2 is 1.33 bits per heavy atom. The minimum atomic E-state index is -1.11. The molecule has 4 aromatic rings. The van der Waals surface area contributed by atoms with E-state index in [-0.39, 0.29) is 36.5 Å². The third-order valence-corrected chi connectivity index (χ3v) is 8.14. The van der Waals surface area contributed by atoms with Gasteiger partial charge in [0.15, 0.2) is 11.6 Å². The van der Waals surface area contributed by atoms with Crippen LogP contribution in [-0.4, -0.2) is 59.5 Å². The molecule has 0 spiro atoms. The van der Waals surface area contributed by atoms with E-state index in [0.29, 0.717) is 17.8 Å². The molecule has 0 bridgehead atoms. The summed E-state index contributed by atoms with van der Waals surface area (Å²) in [4.78, 5) is 24.5. The van der Waals surface area contributed by atoms with Gasteiger partial charge in [-0.3, -0.25) is 9.59 Å². The number of hydrogen-bond acceptors (Lipinski definition) is 7. The fourth-order valence-corrected chi connectivity index (χ4v) is 5.53. The molecule has 4 aromatic carbocycles. The van der Waals surface area contributed by atoms with Crippen LogP contribution in [0.3, 0.4) is 0 Å². The predicted octanol–water partition coefficient (Wildman–Crippen LogP) is 6.30. The van der Waals surface area contributed by atoms with Crippen LogP contribution in [0.2, 0.25) is 0 Å². The summed E-state index contributed by atoms with van der Waals surface area (Å²) < 4.78 is 43.6. The lowest BCUT2D eigenvalue weighted by atomic mass is 10.1. The Balaban J connectivity index is 0.000000260. The number of amides is 2. The predicted molar refractivity (Wildman–Crippen MR) is 197 cm³/mol. The first kappa shape index (κ1) is 39.0. The van der Waals surface area contributed by atoms with Crippen molar-refractivity contribution in [1.29, 1.82) is 0 Å². The Labute approximate surface area is 303 Å². The van der Waals surface area contributed by atoms with Crippen LogP contribution in [0.4, 0.5) is 35.9 Å². The second-order valence-corrected chi connectivity index (χ2v) is 13.0. The third kappa shape index (κ3) is 11.3. The van der Waals surface area contributed by atoms with Gasteiger partial charge in [0.1, 0.15) is 5.82 Å². The van der Waals surface area contributed by atoms with Gasteiger partial charge in [-0.25, -0.2) is 13.2 Å². The first-order chi connectivity index (χ1) is 22.8. The van der Waals surface area contributed by atoms with Gasteiger partial charge in [-0.15, -0.1) is 0 Å². The van der Waals surface area contributed by atoms with E-state index >= 15 is 0 Å². The van der Waals surface area contributed by atoms with Crippen LogP contribution in [0.5, 0.6) is 0 Å². The van der Waals surface area contributed by atoms with E-state index in [1.165, 1.54) is 24.3 Å². The van der Waals surface area contributed by atoms with E-state index in [0.717, 1.165) is 30.0 Å². The summed E-state index contributed by atoms with van der Waals surface area (Å²) >= 11 is 4.36. The van der Waals surface area contributed by atoms with Crippen LogP contribution in [0, 0.1) is 38.4 Å². The molecule has 9 nitrogen and oxygen atoms in total. The maximum Gasteiger partial charge on any atom is 0.253 e. The lowest BCUT2D eigenvalue weighted by molar-refractivity contribution is 0.0802. The second-order valence-electron chi connectivity index (χ2n) is 10.5. The largest absolute Gasteiger partial charge is 0.396 e. The maximum atomic E-state index is 14.2. The molecule has 0 aliphatic carbocycles. The molecule has 0 aromatic heterocycles. The van der Waals surface area contributed by atoms with E-state index in [1.807, 2.05) is 44.2 Å². The molecule has 1 unspecified atom stereocenters. The van der Waals surface area contributed by atoms with Gasteiger partial charge < -0.3 is 36.6 Å². The first-order valence-corrected chi connectivity index (χ1v) is 16.8. The maximum absolute atomic E-state index is 14.2. The fraction of sp³-hybridized carbons (Fsp3) is 0.235. The number of benzene rings is 4. The molecular formula is C34H35F3I2N4O5. The fourth-order valence-electron chi connectivity index (χ4n) is 4.24. The van der Waals surface area contributed by atoms with Crippen LogP contribution in [-0.2, 0) is 0 Å². The molecule has 48 heavy (non-hydrogen) atoms. The molecule has 0 aliphatic rings. The highest BCUT2D eigenvalue weighted by Crippen LogP contribution is 2.29. The molecule has 256 valence electrons. The van der Waals surface area contributed by atoms with Crippen LogP contribution in [0.1, 0.15) is 38.3 Å². The normalized spacial score (nSPS) is 11.2. The van der Waals surface area contributed by atoms with Crippen molar-refractivity contribution in [2.75, 3.05) is 36.9 Å². The van der Waals surface area contributed by atoms with Crippen molar-refractivity contribution in [2.24, 2.45) is 0 Å². The molecule has 14 heteroatoms. The van der Waals surface area contributed by atoms with Crippen molar-refractivity contribution in [3.05, 3.63) is 114 Å². The van der Waals surface area contributed by atoms with Crippen LogP contribution < -0.4 is 21.3 Å². The third-order valence-electron chi connectivity index (χ3n) is 6.80. The van der Waals surface area contributed by atoms with Crippen molar-refractivity contribution < 1.29 is 38.1 Å². The van der Waals surface area contributed by atoms with E-state index < -0.39 is 42.0 Å². The standard InChI is InChI=1S/C17H17F2IN2O2.C17H18FIN2O3/c1-10-9-11(20)3-6-14(10)22-16-12(4-5-13(18)15(16)19)17(24)21-7-2-8-23;1-10-6-12(19)3-5-15(10)21-16-7-11(18)2-4-14(16)17(24)20-8-13(23)9-22/h3-6,9,22-23H,2,7-8H2,1H3,(H,21,24);2-7,13,21-23H,8-9H2,1H3,(H,20,24). The Hall–Kier alpha value is -3.45. The van der Waals surface area contributed by atoms with Crippen LogP contribution >= 0.6 is 45.2 Å². The number of aliphatic hydroxyl groups is 3. The van der Waals surface area contributed by atoms with Gasteiger partial charge in [0.25, 0.3) is 11.8 Å². The van der Waals surface area contributed by atoms with Crippen molar-refractivity contribution in [3.63, 3.8) is 0 Å². The lowest BCUT2D eigenvalue weighted by Gasteiger charge is -2.15. The summed E-state index contributed by atoms with van der Waals surface area (Å²) in [5.41, 5.74) is 3.54. The Morgan fingerprint density at radius 1 is 0.750 bits per heavy atom. The number of carbonyl (C=O) groups excluding carboxylic acids is 2. The monoisotopic (exact) mass is 890 g/mol. The average Bonchev–Trinajstić information content (AvgIpc) is 3.05. The van der Waals surface area contributed by atoms with Crippen LogP contribution in [0.25, 0.3) is 0 Å². The van der Waals surface area contributed by atoms with Gasteiger partial charge in [0.05, 0.1) is 35.2 Å². The summed E-state index contributed by atoms with van der Waals surface area (Å²) in [6, 6.07) is 17.2. The Morgan fingerprint density at radius 3 is 1.92 bits per heavy atom. The SMILES string of the molecule is Cc1cc(I)ccc1Nc1c(C(=O)NCCCO)ccc(F)c1F.Cc1cc(I)ccc1Nc1cc(F)ccc1C(=O)NCC(O)CO. The summed E-state index contributed by atoms with van der Waals surface area (Å²) in [5.74, 6) is -3.61. The number of halogens is 5. The minimum Gasteiger partial charge on any atom is -0.396 e. The van der Waals surface area contributed by atoms with Crippen molar-refractivity contribution in [2.45, 2.75) is 26.4 Å². The van der Waals surface area contributed by atoms with Gasteiger partial charge in [-0.2, -0.15) is 0 Å². The zero-order valence-electron chi connectivity index (χ0n) is 26.0. The zero-order chi connectivity index (χ0) is 35.4. The zero-order valence-corrected chi connectivity index (χ0v) is 30.3. The lowest BCUT2D eigenvalue weighted by Crippen LogP contribution is -2.34. The molecule has 0 radical (unpaired) electrons. The number of aryl methyl sites for hydroxylation is 2. The minimum absolute atomic E-state index is 0.00443. The van der Waals surface area contributed by atoms with Crippen molar-refractivity contribution >= 4 is 79.7 Å². The highest BCUT2D eigenvalue weighted by Gasteiger charge is 2.20. The molecule has 0 saturated heterocycles. The van der Waals surface area contributed by atoms with Gasteiger partial charge >= 0.3 is 0 Å². The van der Waals surface area contributed by atoms with E-state index in [1.54, 1.807) is 6.07 Å². The number of nitrogens with one attached hydrogen (secondary N) is 4. The molecule has 7 N–H and O–H groups in total. The van der Waals surface area contributed by atoms with Gasteiger partial charge in [-0.1, -0.05) is 0 Å². The van der Waals surface area contributed by atoms with Crippen LogP contribution in [0.15, 0.2) is 66.7 Å². The molecule has 0 fully saturated rings. The quantitative estimate of drug-likeness (QED) is 0.0655. The second kappa shape index (κ2) is 18.9. The molecule has 1 atom stereocenters. The van der Waals surface area contributed by atoms with Crippen molar-refractivity contribution in [1.82, 2.24) is 10.6 Å². The first-order valence-electron chi connectivity index (χ1n) is 14.6. The molecule has 0 heterocycles. The summed E-state index contributed by atoms with van der Waals surface area (Å²) in [7, 11) is 0. The summed E-state index contributed by atoms with van der Waals surface area (Å²) in [5, 5.41) is 37.8. The van der Waals surface area contributed by atoms with Crippen molar-refractivity contribution in [3.8, 4) is 0 Å². The van der Waals surface area contributed by atoms with E-state index in [2.05, 4.69) is 66.4 Å². The smallest absolute Gasteiger partial charge is 0.253 e. The average molecular weight is 890 g/mol. The summed E-state index contributed by atoms with van der Waals surface area (Å²) in [6.45, 7) is 3.40. The highest BCUT2D eigenvalue weighted by atomic mass is 127. The molecule has 0 saturated carbocycles. The van der Waals surface area contributed by atoms with E-state index in [4.69, 9.17) is 10.2 Å². The number of hydrogen-bond donors (Lipinski definition) is 7. The van der Waals surface area contributed by atoms with Gasteiger partial charge in [-0.05, 0) is 143 Å². The molecule has 2 amide bonds. The summed E-state index contributed by atoms with van der Waals surface area (Å²) in [6.07, 6.45) is -0.654. The number of carbonyl (C=O) groups is 2. The number of aliphatic hydroxyl groups excluding tert-OH is 3. The van der Waals surface area contributed by atoms with Gasteiger partial charge in [0.2, 0.25) is 0 Å². The molecule has 4 rings (SSSR count). The molecular weight excluding hydrogens is 855 g/mol. The Kier molecular flexibility index (Phi) is 15.4.